The topological polar surface area (TPSA) is 86.3 Å². The smallest absolute Gasteiger partial charge is 0.326 e. The Morgan fingerprint density at radius 2 is 2.37 bits per heavy atom. The van der Waals surface area contributed by atoms with Gasteiger partial charge < -0.3 is 15.0 Å². The highest BCUT2D eigenvalue weighted by molar-refractivity contribution is 7.12. The summed E-state index contributed by atoms with van der Waals surface area (Å²) in [6, 6.07) is 2.62. The first-order chi connectivity index (χ1) is 9.16. The van der Waals surface area contributed by atoms with E-state index in [1.54, 1.807) is 17.5 Å². The minimum absolute atomic E-state index is 0.241. The maximum absolute atomic E-state index is 12.3. The Bertz CT molecular complexity index is 620. The van der Waals surface area contributed by atoms with Gasteiger partial charge in [-0.25, -0.2) is 9.78 Å². The molecule has 6 nitrogen and oxygen atoms in total. The molecule has 1 atom stereocenters. The number of aromatic nitrogens is 2. The molecule has 0 radical (unpaired) electrons. The molecule has 19 heavy (non-hydrogen) atoms. The molecule has 98 valence electrons. The van der Waals surface area contributed by atoms with Gasteiger partial charge in [0.25, 0.3) is 5.91 Å². The van der Waals surface area contributed by atoms with Crippen molar-refractivity contribution in [1.29, 1.82) is 0 Å². The third-order valence-corrected chi connectivity index (χ3v) is 4.03. The fourth-order valence-electron chi connectivity index (χ4n) is 2.21. The lowest BCUT2D eigenvalue weighted by molar-refractivity contribution is -0.142. The summed E-state index contributed by atoms with van der Waals surface area (Å²) in [4.78, 5) is 32.7. The Kier molecular flexibility index (Phi) is 2.83. The number of nitrogens with zero attached hydrogens (tertiary/aromatic N) is 2. The van der Waals surface area contributed by atoms with Crippen LogP contribution >= 0.6 is 11.3 Å². The Hall–Kier alpha value is -2.15. The Morgan fingerprint density at radius 3 is 3.05 bits per heavy atom. The highest BCUT2D eigenvalue weighted by Crippen LogP contribution is 2.24. The normalized spacial score (nSPS) is 18.1. The number of aliphatic carboxylic acids is 1. The summed E-state index contributed by atoms with van der Waals surface area (Å²) in [7, 11) is 0. The first-order valence-electron chi connectivity index (χ1n) is 5.75. The molecule has 2 N–H and O–H groups in total. The number of carboxylic acids is 1. The first kappa shape index (κ1) is 11.9. The predicted octanol–water partition coefficient (Wildman–Crippen LogP) is 1.12. The van der Waals surface area contributed by atoms with E-state index in [0.29, 0.717) is 4.88 Å². The monoisotopic (exact) mass is 277 g/mol. The third-order valence-electron chi connectivity index (χ3n) is 3.18. The molecular weight excluding hydrogens is 266 g/mol. The summed E-state index contributed by atoms with van der Waals surface area (Å²) in [5.41, 5.74) is 1.53. The van der Waals surface area contributed by atoms with Crippen LogP contribution in [0.5, 0.6) is 0 Å². The zero-order chi connectivity index (χ0) is 13.4. The lowest BCUT2D eigenvalue weighted by Gasteiger charge is -2.31. The second-order valence-electron chi connectivity index (χ2n) is 4.30. The van der Waals surface area contributed by atoms with E-state index in [4.69, 9.17) is 0 Å². The summed E-state index contributed by atoms with van der Waals surface area (Å²) >= 11 is 1.31. The van der Waals surface area contributed by atoms with Gasteiger partial charge in [-0.2, -0.15) is 0 Å². The summed E-state index contributed by atoms with van der Waals surface area (Å²) < 4.78 is 0. The SMILES string of the molecule is O=C(O)C1Cc2nc[nH]c2CN1C(=O)c1cccs1. The van der Waals surface area contributed by atoms with Crippen LogP contribution in [0, 0.1) is 0 Å². The van der Waals surface area contributed by atoms with Gasteiger partial charge in [-0.05, 0) is 11.4 Å². The van der Waals surface area contributed by atoms with Gasteiger partial charge in [0.1, 0.15) is 6.04 Å². The van der Waals surface area contributed by atoms with Crippen molar-refractivity contribution in [3.63, 3.8) is 0 Å². The van der Waals surface area contributed by atoms with Crippen molar-refractivity contribution in [2.45, 2.75) is 19.0 Å². The van der Waals surface area contributed by atoms with E-state index < -0.39 is 12.0 Å². The van der Waals surface area contributed by atoms with E-state index in [1.807, 2.05) is 0 Å². The molecule has 0 aliphatic carbocycles. The van der Waals surface area contributed by atoms with Crippen LogP contribution in [0.2, 0.25) is 0 Å². The number of carbonyl (C=O) groups excluding carboxylic acids is 1. The molecule has 2 aromatic rings. The molecule has 1 amide bonds. The molecule has 0 saturated heterocycles. The molecule has 0 saturated carbocycles. The summed E-state index contributed by atoms with van der Waals surface area (Å²) in [6.07, 6.45) is 1.77. The van der Waals surface area contributed by atoms with Crippen LogP contribution in [0.1, 0.15) is 21.1 Å². The number of imidazole rings is 1. The Labute approximate surface area is 112 Å². The molecule has 3 rings (SSSR count). The Balaban J connectivity index is 1.95. The van der Waals surface area contributed by atoms with E-state index in [2.05, 4.69) is 9.97 Å². The van der Waals surface area contributed by atoms with Crippen molar-refractivity contribution >= 4 is 23.2 Å². The van der Waals surface area contributed by atoms with Gasteiger partial charge >= 0.3 is 5.97 Å². The van der Waals surface area contributed by atoms with Gasteiger partial charge in [-0.3, -0.25) is 4.79 Å². The van der Waals surface area contributed by atoms with Gasteiger partial charge in [-0.1, -0.05) is 6.07 Å². The van der Waals surface area contributed by atoms with Crippen LogP contribution in [-0.2, 0) is 17.8 Å². The average molecular weight is 277 g/mol. The van der Waals surface area contributed by atoms with Gasteiger partial charge in [0.2, 0.25) is 0 Å². The minimum Gasteiger partial charge on any atom is -0.480 e. The van der Waals surface area contributed by atoms with E-state index in [1.165, 1.54) is 22.6 Å². The highest BCUT2D eigenvalue weighted by Gasteiger charge is 2.36. The van der Waals surface area contributed by atoms with Crippen molar-refractivity contribution in [3.8, 4) is 0 Å². The number of hydrogen-bond acceptors (Lipinski definition) is 4. The number of amides is 1. The summed E-state index contributed by atoms with van der Waals surface area (Å²) in [6.45, 7) is 0.253. The number of rotatable bonds is 2. The molecule has 7 heteroatoms. The molecule has 2 aromatic heterocycles. The molecule has 1 aliphatic heterocycles. The second kappa shape index (κ2) is 4.51. The van der Waals surface area contributed by atoms with Crippen LogP contribution in [0.4, 0.5) is 0 Å². The summed E-state index contributed by atoms with van der Waals surface area (Å²) in [5, 5.41) is 11.1. The van der Waals surface area contributed by atoms with Crippen molar-refractivity contribution in [2.75, 3.05) is 0 Å². The average Bonchev–Trinajstić information content (AvgIpc) is 3.06. The number of thiophene rings is 1. The molecule has 1 aliphatic rings. The van der Waals surface area contributed by atoms with E-state index in [-0.39, 0.29) is 18.9 Å². The highest BCUT2D eigenvalue weighted by atomic mass is 32.1. The molecule has 0 aromatic carbocycles. The summed E-state index contributed by atoms with van der Waals surface area (Å²) in [5.74, 6) is -1.25. The number of hydrogen-bond donors (Lipinski definition) is 2. The molecule has 1 unspecified atom stereocenters. The second-order valence-corrected chi connectivity index (χ2v) is 5.24. The fraction of sp³-hybridized carbons (Fsp3) is 0.250. The number of fused-ring (bicyclic) bond motifs is 1. The van der Waals surface area contributed by atoms with Gasteiger partial charge in [0, 0.05) is 6.42 Å². The number of carboxylic acid groups (broad SMARTS) is 1. The fourth-order valence-corrected chi connectivity index (χ4v) is 2.89. The molecule has 3 heterocycles. The molecule has 0 spiro atoms. The van der Waals surface area contributed by atoms with E-state index in [9.17, 15) is 14.7 Å². The van der Waals surface area contributed by atoms with Crippen molar-refractivity contribution in [3.05, 3.63) is 40.1 Å². The van der Waals surface area contributed by atoms with Crippen molar-refractivity contribution in [2.24, 2.45) is 0 Å². The number of H-pyrrole nitrogens is 1. The number of nitrogens with one attached hydrogen (secondary N) is 1. The maximum Gasteiger partial charge on any atom is 0.326 e. The van der Waals surface area contributed by atoms with Crippen LogP contribution in [-0.4, -0.2) is 37.9 Å². The van der Waals surface area contributed by atoms with E-state index >= 15 is 0 Å². The van der Waals surface area contributed by atoms with Gasteiger partial charge in [0.15, 0.2) is 0 Å². The van der Waals surface area contributed by atoms with Gasteiger partial charge in [-0.15, -0.1) is 11.3 Å². The number of aromatic amines is 1. The standard InChI is InChI=1S/C12H11N3O3S/c16-11(10-2-1-3-19-10)15-5-8-7(13-6-14-8)4-9(15)12(17)18/h1-3,6,9H,4-5H2,(H,13,14)(H,17,18). The zero-order valence-corrected chi connectivity index (χ0v) is 10.7. The van der Waals surface area contributed by atoms with Crippen LogP contribution < -0.4 is 0 Å². The van der Waals surface area contributed by atoms with Crippen LogP contribution in [0.15, 0.2) is 23.8 Å². The van der Waals surface area contributed by atoms with E-state index in [0.717, 1.165) is 11.4 Å². The van der Waals surface area contributed by atoms with Crippen molar-refractivity contribution in [1.82, 2.24) is 14.9 Å². The predicted molar refractivity (Wildman–Crippen MR) is 67.9 cm³/mol. The minimum atomic E-state index is -1.00. The van der Waals surface area contributed by atoms with Crippen molar-refractivity contribution < 1.29 is 14.7 Å². The largest absolute Gasteiger partial charge is 0.480 e. The Morgan fingerprint density at radius 1 is 1.53 bits per heavy atom. The quantitative estimate of drug-likeness (QED) is 0.861. The molecule has 0 fully saturated rings. The molecular formula is C12H11N3O3S. The van der Waals surface area contributed by atoms with Gasteiger partial charge in [0.05, 0.1) is 29.1 Å². The van der Waals surface area contributed by atoms with Crippen LogP contribution in [0.3, 0.4) is 0 Å². The lowest BCUT2D eigenvalue weighted by Crippen LogP contribution is -2.48. The third kappa shape index (κ3) is 2.01. The zero-order valence-electron chi connectivity index (χ0n) is 9.87. The lowest BCUT2D eigenvalue weighted by atomic mass is 10.0. The molecule has 0 bridgehead atoms. The number of carbonyl (C=O) groups is 2. The maximum atomic E-state index is 12.3. The first-order valence-corrected chi connectivity index (χ1v) is 6.63. The van der Waals surface area contributed by atoms with Crippen LogP contribution in [0.25, 0.3) is 0 Å².